The summed E-state index contributed by atoms with van der Waals surface area (Å²) in [5, 5.41) is 13.8. The van der Waals surface area contributed by atoms with Crippen LogP contribution < -0.4 is 0 Å². The molecule has 0 amide bonds. The molecule has 2 aromatic heterocycles. The molecule has 0 radical (unpaired) electrons. The molecule has 0 atom stereocenters. The summed E-state index contributed by atoms with van der Waals surface area (Å²) >= 11 is 5.99. The highest BCUT2D eigenvalue weighted by Gasteiger charge is 2.18. The second-order valence-electron chi connectivity index (χ2n) is 4.52. The summed E-state index contributed by atoms with van der Waals surface area (Å²) in [4.78, 5) is 11.2. The first kappa shape index (κ1) is 13.5. The van der Waals surface area contributed by atoms with Gasteiger partial charge in [-0.15, -0.1) is 0 Å². The first-order valence-corrected chi connectivity index (χ1v) is 6.58. The zero-order chi connectivity index (χ0) is 15.0. The summed E-state index contributed by atoms with van der Waals surface area (Å²) in [6, 6.07) is 12.1. The average Bonchev–Trinajstić information content (AvgIpc) is 3.04. The van der Waals surface area contributed by atoms with Crippen LogP contribution in [0.4, 0.5) is 0 Å². The molecule has 2 heterocycles. The molecule has 0 aliphatic heterocycles. The molecule has 0 fully saturated rings. The van der Waals surface area contributed by atoms with E-state index in [1.54, 1.807) is 30.3 Å². The Morgan fingerprint density at radius 2 is 2.10 bits per heavy atom. The molecule has 1 N–H and O–H groups in total. The van der Waals surface area contributed by atoms with Gasteiger partial charge in [0.25, 0.3) is 0 Å². The fourth-order valence-electron chi connectivity index (χ4n) is 2.04. The van der Waals surface area contributed by atoms with Gasteiger partial charge in [0, 0.05) is 11.1 Å². The summed E-state index contributed by atoms with van der Waals surface area (Å²) in [5.74, 6) is 0.188. The van der Waals surface area contributed by atoms with Crippen LogP contribution in [0.15, 0.2) is 46.9 Å². The number of carboxylic acid groups (broad SMARTS) is 1. The lowest BCUT2D eigenvalue weighted by atomic mass is 10.2. The number of hydrogen-bond donors (Lipinski definition) is 1. The SMILES string of the molecule is Cc1ccc(-c2cc(C(=O)O)nn2-c2cccc(Cl)c2)o1. The zero-order valence-electron chi connectivity index (χ0n) is 11.1. The average molecular weight is 303 g/mol. The van der Waals surface area contributed by atoms with Crippen molar-refractivity contribution in [3.8, 4) is 17.1 Å². The van der Waals surface area contributed by atoms with Gasteiger partial charge in [0.05, 0.1) is 5.69 Å². The summed E-state index contributed by atoms with van der Waals surface area (Å²) in [5.41, 5.74) is 1.17. The van der Waals surface area contributed by atoms with E-state index < -0.39 is 5.97 Å². The quantitative estimate of drug-likeness (QED) is 0.799. The van der Waals surface area contributed by atoms with Crippen LogP contribution in [0.5, 0.6) is 0 Å². The van der Waals surface area contributed by atoms with Crippen molar-refractivity contribution in [3.05, 3.63) is 58.9 Å². The lowest BCUT2D eigenvalue weighted by Gasteiger charge is -2.05. The van der Waals surface area contributed by atoms with Gasteiger partial charge in [0.1, 0.15) is 11.5 Å². The minimum absolute atomic E-state index is 0.0565. The number of aromatic carboxylic acids is 1. The van der Waals surface area contributed by atoms with Gasteiger partial charge in [-0.3, -0.25) is 0 Å². The second-order valence-corrected chi connectivity index (χ2v) is 4.96. The number of nitrogens with zero attached hydrogens (tertiary/aromatic N) is 2. The number of aryl methyl sites for hydroxylation is 1. The van der Waals surface area contributed by atoms with Crippen molar-refractivity contribution < 1.29 is 14.3 Å². The number of halogens is 1. The van der Waals surface area contributed by atoms with Crippen molar-refractivity contribution in [3.63, 3.8) is 0 Å². The lowest BCUT2D eigenvalue weighted by Crippen LogP contribution is -2.02. The molecule has 0 spiro atoms. The van der Waals surface area contributed by atoms with Gasteiger partial charge in [0.15, 0.2) is 11.5 Å². The van der Waals surface area contributed by atoms with E-state index in [1.807, 2.05) is 13.0 Å². The smallest absolute Gasteiger partial charge is 0.356 e. The molecule has 0 saturated carbocycles. The van der Waals surface area contributed by atoms with E-state index >= 15 is 0 Å². The molecule has 3 rings (SSSR count). The maximum Gasteiger partial charge on any atom is 0.356 e. The molecule has 0 aliphatic rings. The van der Waals surface area contributed by atoms with E-state index in [1.165, 1.54) is 10.7 Å². The second kappa shape index (κ2) is 5.10. The summed E-state index contributed by atoms with van der Waals surface area (Å²) in [6.07, 6.45) is 0. The highest BCUT2D eigenvalue weighted by atomic mass is 35.5. The Kier molecular flexibility index (Phi) is 3.27. The minimum atomic E-state index is -1.10. The number of carbonyl (C=O) groups is 1. The molecule has 0 saturated heterocycles. The van der Waals surface area contributed by atoms with Crippen LogP contribution in [0.3, 0.4) is 0 Å². The number of hydrogen-bond acceptors (Lipinski definition) is 3. The van der Waals surface area contributed by atoms with E-state index in [4.69, 9.17) is 21.1 Å². The van der Waals surface area contributed by atoms with Gasteiger partial charge in [-0.2, -0.15) is 5.10 Å². The lowest BCUT2D eigenvalue weighted by molar-refractivity contribution is 0.0690. The summed E-state index contributed by atoms with van der Waals surface area (Å²) < 4.78 is 7.08. The first-order chi connectivity index (χ1) is 10.0. The largest absolute Gasteiger partial charge is 0.476 e. The van der Waals surface area contributed by atoms with Crippen molar-refractivity contribution in [1.82, 2.24) is 9.78 Å². The van der Waals surface area contributed by atoms with Crippen LogP contribution in [0.25, 0.3) is 17.1 Å². The van der Waals surface area contributed by atoms with Crippen LogP contribution in [0, 0.1) is 6.92 Å². The van der Waals surface area contributed by atoms with Gasteiger partial charge in [-0.1, -0.05) is 17.7 Å². The Hall–Kier alpha value is -2.53. The fourth-order valence-corrected chi connectivity index (χ4v) is 2.22. The molecule has 0 aliphatic carbocycles. The normalized spacial score (nSPS) is 10.8. The molecule has 5 nitrogen and oxygen atoms in total. The van der Waals surface area contributed by atoms with Crippen LogP contribution in [-0.4, -0.2) is 20.9 Å². The predicted molar refractivity (Wildman–Crippen MR) is 78.0 cm³/mol. The molecule has 21 heavy (non-hydrogen) atoms. The molecule has 0 bridgehead atoms. The Morgan fingerprint density at radius 1 is 1.29 bits per heavy atom. The molecular weight excluding hydrogens is 292 g/mol. The van der Waals surface area contributed by atoms with E-state index in [2.05, 4.69) is 5.10 Å². The predicted octanol–water partition coefficient (Wildman–Crippen LogP) is 3.79. The monoisotopic (exact) mass is 302 g/mol. The van der Waals surface area contributed by atoms with Crippen molar-refractivity contribution >= 4 is 17.6 Å². The molecule has 1 aromatic carbocycles. The number of furan rings is 1. The van der Waals surface area contributed by atoms with Gasteiger partial charge in [-0.25, -0.2) is 9.48 Å². The maximum atomic E-state index is 11.2. The third-order valence-corrected chi connectivity index (χ3v) is 3.21. The van der Waals surface area contributed by atoms with Gasteiger partial charge in [-0.05, 0) is 37.3 Å². The molecule has 6 heteroatoms. The highest BCUT2D eigenvalue weighted by molar-refractivity contribution is 6.30. The number of carboxylic acids is 1. The van der Waals surface area contributed by atoms with Crippen LogP contribution in [0.1, 0.15) is 16.2 Å². The zero-order valence-corrected chi connectivity index (χ0v) is 11.8. The number of benzene rings is 1. The van der Waals surface area contributed by atoms with Crippen molar-refractivity contribution in [1.29, 1.82) is 0 Å². The highest BCUT2D eigenvalue weighted by Crippen LogP contribution is 2.27. The van der Waals surface area contributed by atoms with Gasteiger partial charge >= 0.3 is 5.97 Å². The summed E-state index contributed by atoms with van der Waals surface area (Å²) in [7, 11) is 0. The van der Waals surface area contributed by atoms with Crippen molar-refractivity contribution in [2.45, 2.75) is 6.92 Å². The third-order valence-electron chi connectivity index (χ3n) is 2.97. The van der Waals surface area contributed by atoms with E-state index in [0.29, 0.717) is 22.2 Å². The maximum absolute atomic E-state index is 11.2. The Bertz CT molecular complexity index is 820. The first-order valence-electron chi connectivity index (χ1n) is 6.21. The topological polar surface area (TPSA) is 68.3 Å². The van der Waals surface area contributed by atoms with Crippen LogP contribution >= 0.6 is 11.6 Å². The van der Waals surface area contributed by atoms with Gasteiger partial charge in [0.2, 0.25) is 0 Å². The van der Waals surface area contributed by atoms with Gasteiger partial charge < -0.3 is 9.52 Å². The van der Waals surface area contributed by atoms with Crippen molar-refractivity contribution in [2.24, 2.45) is 0 Å². The Labute approximate surface area is 125 Å². The molecular formula is C15H11ClN2O3. The Balaban J connectivity index is 2.21. The third kappa shape index (κ3) is 2.55. The van der Waals surface area contributed by atoms with E-state index in [-0.39, 0.29) is 5.69 Å². The molecule has 3 aromatic rings. The van der Waals surface area contributed by atoms with E-state index in [9.17, 15) is 4.79 Å². The minimum Gasteiger partial charge on any atom is -0.476 e. The number of aromatic nitrogens is 2. The van der Waals surface area contributed by atoms with E-state index in [0.717, 1.165) is 5.76 Å². The van der Waals surface area contributed by atoms with Crippen molar-refractivity contribution in [2.75, 3.05) is 0 Å². The van der Waals surface area contributed by atoms with Crippen LogP contribution in [0.2, 0.25) is 5.02 Å². The Morgan fingerprint density at radius 3 is 2.71 bits per heavy atom. The molecule has 0 unspecified atom stereocenters. The number of rotatable bonds is 3. The molecule has 106 valence electrons. The standard InChI is InChI=1S/C15H11ClN2O3/c1-9-5-6-14(21-9)13-8-12(15(19)20)17-18(13)11-4-2-3-10(16)7-11/h2-8H,1H3,(H,19,20). The van der Waals surface area contributed by atoms with Crippen LogP contribution in [-0.2, 0) is 0 Å². The fraction of sp³-hybridized carbons (Fsp3) is 0.0667. The summed E-state index contributed by atoms with van der Waals surface area (Å²) in [6.45, 7) is 1.82.